The Labute approximate surface area is 198 Å². The fourth-order valence-electron chi connectivity index (χ4n) is 4.59. The monoisotopic (exact) mass is 482 g/mol. The normalized spacial score (nSPS) is 18.1. The number of nitriles is 1. The van der Waals surface area contributed by atoms with Crippen LogP contribution in [0.25, 0.3) is 10.8 Å². The van der Waals surface area contributed by atoms with E-state index in [-0.39, 0.29) is 17.5 Å². The van der Waals surface area contributed by atoms with Gasteiger partial charge >= 0.3 is 0 Å². The van der Waals surface area contributed by atoms with Crippen molar-refractivity contribution in [2.45, 2.75) is 62.1 Å². The van der Waals surface area contributed by atoms with Crippen molar-refractivity contribution < 1.29 is 12.8 Å². The van der Waals surface area contributed by atoms with Crippen LogP contribution in [0.2, 0.25) is 0 Å². The largest absolute Gasteiger partial charge is 0.361 e. The Morgan fingerprint density at radius 1 is 1.26 bits per heavy atom. The van der Waals surface area contributed by atoms with Gasteiger partial charge in [0, 0.05) is 48.4 Å². The molecule has 2 aromatic heterocycles. The van der Waals surface area contributed by atoms with Crippen molar-refractivity contribution in [3.8, 4) is 6.07 Å². The Morgan fingerprint density at radius 2 is 2.03 bits per heavy atom. The number of sulfonamides is 1. The summed E-state index contributed by atoms with van der Waals surface area (Å²) in [5.41, 5.74) is 1.54. The number of alkyl halides is 1. The minimum atomic E-state index is -3.94. The molecule has 3 aromatic rings. The molecule has 2 N–H and O–H groups in total. The third-order valence-corrected chi connectivity index (χ3v) is 7.85. The van der Waals surface area contributed by atoms with Crippen LogP contribution in [0.1, 0.15) is 67.5 Å². The van der Waals surface area contributed by atoms with Gasteiger partial charge in [0.25, 0.3) is 0 Å². The molecule has 1 unspecified atom stereocenters. The van der Waals surface area contributed by atoms with Gasteiger partial charge in [-0.05, 0) is 62.8 Å². The number of fused-ring (bicyclic) bond motifs is 3. The number of nitrogens with one attached hydrogen (secondary N) is 2. The van der Waals surface area contributed by atoms with Gasteiger partial charge in [0.1, 0.15) is 17.3 Å². The fraction of sp³-hybridized carbons (Fsp3) is 0.458. The van der Waals surface area contributed by atoms with Crippen LogP contribution < -0.4 is 10.0 Å². The summed E-state index contributed by atoms with van der Waals surface area (Å²) < 4.78 is 44.7. The van der Waals surface area contributed by atoms with Gasteiger partial charge < -0.3 is 5.32 Å². The van der Waals surface area contributed by atoms with Gasteiger partial charge in [-0.1, -0.05) is 0 Å². The van der Waals surface area contributed by atoms with Crippen LogP contribution in [0.3, 0.4) is 0 Å². The molecule has 5 rings (SSSR count). The number of anilines is 1. The molecule has 10 heteroatoms. The summed E-state index contributed by atoms with van der Waals surface area (Å²) >= 11 is 0. The van der Waals surface area contributed by atoms with Crippen molar-refractivity contribution in [1.29, 1.82) is 5.26 Å². The Morgan fingerprint density at radius 3 is 2.71 bits per heavy atom. The van der Waals surface area contributed by atoms with Crippen LogP contribution in [0.5, 0.6) is 0 Å². The summed E-state index contributed by atoms with van der Waals surface area (Å²) in [6, 6.07) is 5.61. The number of hydrogen-bond acceptors (Lipinski definition) is 6. The quantitative estimate of drug-likeness (QED) is 0.529. The smallest absolute Gasteiger partial charge is 0.241 e. The topological polar surface area (TPSA) is 113 Å². The molecule has 0 amide bonds. The van der Waals surface area contributed by atoms with E-state index in [1.165, 1.54) is 13.8 Å². The van der Waals surface area contributed by atoms with E-state index in [1.807, 2.05) is 6.07 Å². The van der Waals surface area contributed by atoms with Gasteiger partial charge in [-0.2, -0.15) is 10.4 Å². The zero-order valence-corrected chi connectivity index (χ0v) is 20.2. The molecule has 2 heterocycles. The highest BCUT2D eigenvalue weighted by molar-refractivity contribution is 7.89. The molecule has 2 aliphatic carbocycles. The van der Waals surface area contributed by atoms with Crippen molar-refractivity contribution in [2.75, 3.05) is 11.9 Å². The third-order valence-electron chi connectivity index (χ3n) is 6.41. The summed E-state index contributed by atoms with van der Waals surface area (Å²) in [5.74, 6) is 0.855. The second kappa shape index (κ2) is 8.03. The number of pyridine rings is 1. The van der Waals surface area contributed by atoms with Gasteiger partial charge in [-0.25, -0.2) is 17.5 Å². The lowest BCUT2D eigenvalue weighted by Crippen LogP contribution is -2.35. The number of nitrogens with zero attached hydrogens (tertiary/aromatic N) is 4. The number of rotatable bonds is 7. The van der Waals surface area contributed by atoms with Crippen LogP contribution >= 0.6 is 0 Å². The molecule has 178 valence electrons. The maximum Gasteiger partial charge on any atom is 0.241 e. The van der Waals surface area contributed by atoms with E-state index in [0.29, 0.717) is 29.1 Å². The predicted octanol–water partition coefficient (Wildman–Crippen LogP) is 3.84. The maximum atomic E-state index is 14.1. The first-order valence-electron chi connectivity index (χ1n) is 11.4. The van der Waals surface area contributed by atoms with E-state index in [1.54, 1.807) is 30.2 Å². The molecule has 1 saturated carbocycles. The first kappa shape index (κ1) is 22.7. The Hall–Kier alpha value is -3.03. The standard InChI is InChI=1S/C24H27FN6O2S/c1-24(2,25)13-28-34(32,33)21-8-15-6-7-19(29-23-16(10-26)12-31(3)30-23)22(15)18-11-27-20(9-17(18)21)14-4-5-14/h8-9,11-12,14,19,28H,4-7,13H2,1-3H3,(H,29,30). The zero-order valence-electron chi connectivity index (χ0n) is 19.4. The predicted molar refractivity (Wildman–Crippen MR) is 127 cm³/mol. The van der Waals surface area contributed by atoms with E-state index in [2.05, 4.69) is 26.2 Å². The number of aromatic nitrogens is 3. The average molecular weight is 483 g/mol. The average Bonchev–Trinajstić information content (AvgIpc) is 3.46. The summed E-state index contributed by atoms with van der Waals surface area (Å²) in [5, 5.41) is 18.5. The molecule has 8 nitrogen and oxygen atoms in total. The lowest BCUT2D eigenvalue weighted by atomic mass is 9.99. The van der Waals surface area contributed by atoms with Gasteiger partial charge in [-0.15, -0.1) is 0 Å². The molecule has 34 heavy (non-hydrogen) atoms. The third kappa shape index (κ3) is 4.26. The second-order valence-corrected chi connectivity index (χ2v) is 11.6. The van der Waals surface area contributed by atoms with Crippen molar-refractivity contribution in [3.05, 3.63) is 46.9 Å². The summed E-state index contributed by atoms with van der Waals surface area (Å²) in [4.78, 5) is 4.82. The fourth-order valence-corrected chi connectivity index (χ4v) is 6.04. The number of halogens is 1. The van der Waals surface area contributed by atoms with Gasteiger partial charge in [0.15, 0.2) is 5.82 Å². The van der Waals surface area contributed by atoms with Gasteiger partial charge in [0.05, 0.1) is 10.9 Å². The highest BCUT2D eigenvalue weighted by atomic mass is 32.2. The van der Waals surface area contributed by atoms with Crippen molar-refractivity contribution >= 4 is 26.6 Å². The van der Waals surface area contributed by atoms with Gasteiger partial charge in [-0.3, -0.25) is 9.67 Å². The van der Waals surface area contributed by atoms with E-state index < -0.39 is 15.7 Å². The summed E-state index contributed by atoms with van der Waals surface area (Å²) in [6.07, 6.45) is 6.90. The molecule has 1 fully saturated rings. The minimum absolute atomic E-state index is 0.137. The van der Waals surface area contributed by atoms with E-state index in [0.717, 1.165) is 41.5 Å². The van der Waals surface area contributed by atoms with E-state index in [4.69, 9.17) is 0 Å². The van der Waals surface area contributed by atoms with E-state index in [9.17, 15) is 18.1 Å². The lowest BCUT2D eigenvalue weighted by molar-refractivity contribution is 0.221. The molecule has 0 radical (unpaired) electrons. The maximum absolute atomic E-state index is 14.1. The SMILES string of the molecule is Cn1cc(C#N)c(NC2CCc3cc(S(=O)(=O)NCC(C)(C)F)c4cc(C5CC5)ncc4c32)n1. The number of aryl methyl sites for hydroxylation is 2. The van der Waals surface area contributed by atoms with Crippen molar-refractivity contribution in [2.24, 2.45) is 7.05 Å². The van der Waals surface area contributed by atoms with Crippen molar-refractivity contribution in [1.82, 2.24) is 19.5 Å². The Kier molecular flexibility index (Phi) is 5.37. The molecule has 2 aliphatic rings. The summed E-state index contributed by atoms with van der Waals surface area (Å²) in [6.45, 7) is 2.37. The molecular weight excluding hydrogens is 455 g/mol. The number of benzene rings is 1. The molecule has 0 bridgehead atoms. The van der Waals surface area contributed by atoms with Crippen molar-refractivity contribution in [3.63, 3.8) is 0 Å². The van der Waals surface area contributed by atoms with Crippen LogP contribution in [-0.4, -0.2) is 35.4 Å². The highest BCUT2D eigenvalue weighted by Gasteiger charge is 2.32. The van der Waals surface area contributed by atoms with Crippen LogP contribution in [0.15, 0.2) is 29.4 Å². The van der Waals surface area contributed by atoms with Crippen LogP contribution in [0.4, 0.5) is 10.2 Å². The first-order chi connectivity index (χ1) is 16.1. The Bertz CT molecular complexity index is 1430. The second-order valence-electron chi connectivity index (χ2n) is 9.83. The first-order valence-corrected chi connectivity index (χ1v) is 12.9. The summed E-state index contributed by atoms with van der Waals surface area (Å²) in [7, 11) is -2.18. The van der Waals surface area contributed by atoms with Gasteiger partial charge in [0.2, 0.25) is 10.0 Å². The molecule has 1 atom stereocenters. The zero-order chi connectivity index (χ0) is 24.3. The molecular formula is C24H27FN6O2S. The van der Waals surface area contributed by atoms with Crippen LogP contribution in [0, 0.1) is 11.3 Å². The highest BCUT2D eigenvalue weighted by Crippen LogP contribution is 2.44. The Balaban J connectivity index is 1.62. The number of hydrogen-bond donors (Lipinski definition) is 2. The molecule has 0 aliphatic heterocycles. The minimum Gasteiger partial charge on any atom is -0.361 e. The lowest BCUT2D eigenvalue weighted by Gasteiger charge is -2.20. The molecule has 0 saturated heterocycles. The van der Waals surface area contributed by atoms with E-state index >= 15 is 0 Å². The molecule has 1 aromatic carbocycles. The molecule has 0 spiro atoms. The van der Waals surface area contributed by atoms with Crippen LogP contribution in [-0.2, 0) is 23.5 Å².